The molecule has 0 fully saturated rings. The van der Waals surface area contributed by atoms with Gasteiger partial charge in [0.1, 0.15) is 5.60 Å². The van der Waals surface area contributed by atoms with Gasteiger partial charge in [-0.25, -0.2) is 4.79 Å². The second-order valence-electron chi connectivity index (χ2n) is 5.77. The van der Waals surface area contributed by atoms with E-state index in [1.807, 2.05) is 59.0 Å². The first-order valence-corrected chi connectivity index (χ1v) is 7.74. The molecule has 1 aromatic carbocycles. The zero-order valence-electron chi connectivity index (χ0n) is 14.1. The fourth-order valence-corrected chi connectivity index (χ4v) is 2.18. The molecule has 1 heterocycles. The van der Waals surface area contributed by atoms with Crippen molar-refractivity contribution in [3.05, 3.63) is 36.0 Å². The highest BCUT2D eigenvalue weighted by molar-refractivity contribution is 5.92. The van der Waals surface area contributed by atoms with Crippen molar-refractivity contribution in [1.29, 1.82) is 0 Å². The first kappa shape index (κ1) is 17.3. The number of benzene rings is 1. The monoisotopic (exact) mass is 289 g/mol. The van der Waals surface area contributed by atoms with Crippen LogP contribution in [0.25, 0.3) is 10.9 Å². The van der Waals surface area contributed by atoms with Crippen molar-refractivity contribution in [2.45, 2.75) is 60.0 Å². The summed E-state index contributed by atoms with van der Waals surface area (Å²) in [6, 6.07) is 7.96. The minimum atomic E-state index is -0.479. The topological polar surface area (TPSA) is 31.2 Å². The lowest BCUT2D eigenvalue weighted by Gasteiger charge is -2.19. The minimum Gasteiger partial charge on any atom is -0.443 e. The van der Waals surface area contributed by atoms with Crippen LogP contribution >= 0.6 is 0 Å². The van der Waals surface area contributed by atoms with Crippen LogP contribution in [0.4, 0.5) is 4.79 Å². The number of fused-ring (bicyclic) bond motifs is 1. The maximum absolute atomic E-state index is 12.2. The van der Waals surface area contributed by atoms with Gasteiger partial charge in [0.15, 0.2) is 0 Å². The lowest BCUT2D eigenvalue weighted by atomic mass is 10.1. The molecule has 0 bridgehead atoms. The van der Waals surface area contributed by atoms with Gasteiger partial charge in [-0.2, -0.15) is 0 Å². The van der Waals surface area contributed by atoms with Gasteiger partial charge < -0.3 is 4.74 Å². The highest BCUT2D eigenvalue weighted by Crippen LogP contribution is 2.23. The Balaban J connectivity index is 0.00000106. The summed E-state index contributed by atoms with van der Waals surface area (Å²) in [5, 5.41) is 1.13. The molecule has 0 aliphatic carbocycles. The maximum atomic E-state index is 12.2. The van der Waals surface area contributed by atoms with E-state index in [9.17, 15) is 4.79 Å². The summed E-state index contributed by atoms with van der Waals surface area (Å²) in [6.07, 6.45) is 3.62. The van der Waals surface area contributed by atoms with Crippen molar-refractivity contribution >= 4 is 17.0 Å². The predicted octanol–water partition coefficient (Wildman–Crippen LogP) is 5.40. The molecule has 2 rings (SSSR count). The van der Waals surface area contributed by atoms with Gasteiger partial charge in [0.2, 0.25) is 0 Å². The van der Waals surface area contributed by atoms with Crippen molar-refractivity contribution in [3.63, 3.8) is 0 Å². The average Bonchev–Trinajstić information content (AvgIpc) is 2.79. The van der Waals surface area contributed by atoms with Crippen molar-refractivity contribution < 1.29 is 9.53 Å². The second-order valence-corrected chi connectivity index (χ2v) is 5.77. The first-order valence-electron chi connectivity index (χ1n) is 7.74. The Morgan fingerprint density at radius 2 is 1.81 bits per heavy atom. The quantitative estimate of drug-likeness (QED) is 0.741. The number of ether oxygens (including phenoxy) is 1. The van der Waals surface area contributed by atoms with Gasteiger partial charge in [-0.3, -0.25) is 4.57 Å². The van der Waals surface area contributed by atoms with Crippen molar-refractivity contribution in [3.8, 4) is 0 Å². The molecule has 3 heteroatoms. The highest BCUT2D eigenvalue weighted by Gasteiger charge is 2.20. The van der Waals surface area contributed by atoms with Crippen molar-refractivity contribution in [1.82, 2.24) is 4.57 Å². The molecule has 0 aliphatic rings. The van der Waals surface area contributed by atoms with Crippen LogP contribution in [0.3, 0.4) is 0 Å². The van der Waals surface area contributed by atoms with Crippen molar-refractivity contribution in [2.75, 3.05) is 0 Å². The summed E-state index contributed by atoms with van der Waals surface area (Å²) in [7, 11) is 0. The third-order valence-electron chi connectivity index (χ3n) is 2.90. The summed E-state index contributed by atoms with van der Waals surface area (Å²) >= 11 is 0. The van der Waals surface area contributed by atoms with Gasteiger partial charge in [-0.05, 0) is 38.8 Å². The maximum Gasteiger partial charge on any atom is 0.419 e. The van der Waals surface area contributed by atoms with Gasteiger partial charge >= 0.3 is 6.09 Å². The zero-order chi connectivity index (χ0) is 16.0. The Morgan fingerprint density at radius 1 is 1.19 bits per heavy atom. The summed E-state index contributed by atoms with van der Waals surface area (Å²) < 4.78 is 7.06. The number of aryl methyl sites for hydroxylation is 1. The van der Waals surface area contributed by atoms with E-state index in [0.717, 1.165) is 23.7 Å². The lowest BCUT2D eigenvalue weighted by Crippen LogP contribution is -2.26. The van der Waals surface area contributed by atoms with Crippen LogP contribution in [0.2, 0.25) is 0 Å². The fourth-order valence-electron chi connectivity index (χ4n) is 2.18. The Morgan fingerprint density at radius 3 is 2.38 bits per heavy atom. The van der Waals surface area contributed by atoms with Crippen LogP contribution in [0.1, 0.15) is 53.5 Å². The molecular weight excluding hydrogens is 262 g/mol. The third kappa shape index (κ3) is 4.35. The Labute approximate surface area is 127 Å². The van der Waals surface area contributed by atoms with E-state index in [4.69, 9.17) is 4.74 Å². The third-order valence-corrected chi connectivity index (χ3v) is 2.90. The molecular formula is C18H27NO2. The van der Waals surface area contributed by atoms with Crippen LogP contribution in [0.5, 0.6) is 0 Å². The Hall–Kier alpha value is -1.77. The molecule has 3 nitrogen and oxygen atoms in total. The minimum absolute atomic E-state index is 0.314. The van der Waals surface area contributed by atoms with E-state index in [2.05, 4.69) is 13.0 Å². The normalized spacial score (nSPS) is 11.0. The molecule has 0 N–H and O–H groups in total. The van der Waals surface area contributed by atoms with E-state index < -0.39 is 5.60 Å². The Bertz CT molecular complexity index is 591. The largest absolute Gasteiger partial charge is 0.443 e. The zero-order valence-corrected chi connectivity index (χ0v) is 14.1. The molecule has 0 atom stereocenters. The molecule has 2 aromatic rings. The van der Waals surface area contributed by atoms with E-state index in [0.29, 0.717) is 0 Å². The molecule has 21 heavy (non-hydrogen) atoms. The second kappa shape index (κ2) is 7.30. The molecule has 0 saturated carbocycles. The van der Waals surface area contributed by atoms with Gasteiger partial charge in [-0.1, -0.05) is 45.4 Å². The van der Waals surface area contributed by atoms with Gasteiger partial charge in [0.05, 0.1) is 5.52 Å². The average molecular weight is 289 g/mol. The van der Waals surface area contributed by atoms with Crippen LogP contribution in [0.15, 0.2) is 30.5 Å². The number of rotatable bonds is 2. The predicted molar refractivity (Wildman–Crippen MR) is 88.9 cm³/mol. The summed E-state index contributed by atoms with van der Waals surface area (Å²) in [6.45, 7) is 11.8. The van der Waals surface area contributed by atoms with Gasteiger partial charge in [-0.15, -0.1) is 0 Å². The number of hydrogen-bond donors (Lipinski definition) is 0. The molecule has 1 aromatic heterocycles. The van der Waals surface area contributed by atoms with E-state index >= 15 is 0 Å². The van der Waals surface area contributed by atoms with Gasteiger partial charge in [0.25, 0.3) is 0 Å². The standard InChI is InChI=1S/C16H21NO2.C2H6/c1-5-8-12-11-17(15(18)19-16(2,3)4)14-10-7-6-9-13(12)14;1-2/h6-7,9-11H,5,8H2,1-4H3;1-2H3. The van der Waals surface area contributed by atoms with Crippen LogP contribution < -0.4 is 0 Å². The smallest absolute Gasteiger partial charge is 0.419 e. The number of para-hydroxylation sites is 1. The number of hydrogen-bond acceptors (Lipinski definition) is 2. The number of nitrogens with zero attached hydrogens (tertiary/aromatic N) is 1. The fraction of sp³-hybridized carbons (Fsp3) is 0.500. The molecule has 0 unspecified atom stereocenters. The molecule has 0 saturated heterocycles. The van der Waals surface area contributed by atoms with E-state index in [1.165, 1.54) is 5.56 Å². The molecule has 0 spiro atoms. The van der Waals surface area contributed by atoms with E-state index in [1.54, 1.807) is 4.57 Å². The van der Waals surface area contributed by atoms with Gasteiger partial charge in [0, 0.05) is 11.6 Å². The van der Waals surface area contributed by atoms with Crippen molar-refractivity contribution in [2.24, 2.45) is 0 Å². The molecule has 0 amide bonds. The molecule has 0 aliphatic heterocycles. The van der Waals surface area contributed by atoms with Crippen LogP contribution in [-0.4, -0.2) is 16.3 Å². The number of carbonyl (C=O) groups excluding carboxylic acids is 1. The summed E-state index contributed by atoms with van der Waals surface area (Å²) in [5.41, 5.74) is 1.64. The number of carbonyl (C=O) groups is 1. The van der Waals surface area contributed by atoms with E-state index in [-0.39, 0.29) is 6.09 Å². The SMILES string of the molecule is CC.CCCc1cn(C(=O)OC(C)(C)C)c2ccccc12. The Kier molecular flexibility index (Phi) is 6.01. The summed E-state index contributed by atoms with van der Waals surface area (Å²) in [4.78, 5) is 12.2. The molecule has 0 radical (unpaired) electrons. The first-order chi connectivity index (χ1) is 9.92. The lowest BCUT2D eigenvalue weighted by molar-refractivity contribution is 0.0544. The highest BCUT2D eigenvalue weighted by atomic mass is 16.6. The van der Waals surface area contributed by atoms with Crippen LogP contribution in [0, 0.1) is 0 Å². The number of aromatic nitrogens is 1. The summed E-state index contributed by atoms with van der Waals surface area (Å²) in [5.74, 6) is 0. The molecule has 116 valence electrons. The van der Waals surface area contributed by atoms with Crippen LogP contribution in [-0.2, 0) is 11.2 Å².